The second-order valence-corrected chi connectivity index (χ2v) is 8.21. The summed E-state index contributed by atoms with van der Waals surface area (Å²) in [4.78, 5) is 0. The molecule has 2 fully saturated rings. The third-order valence-corrected chi connectivity index (χ3v) is 6.34. The molecular formula is C16H28BN2O5P. The molecule has 0 aliphatic carbocycles. The lowest BCUT2D eigenvalue weighted by atomic mass is 9.92. The third-order valence-electron chi connectivity index (χ3n) is 4.23. The molecule has 2 rings (SSSR count). The Morgan fingerprint density at radius 1 is 1.52 bits per heavy atom. The van der Waals surface area contributed by atoms with Gasteiger partial charge in [-0.2, -0.15) is 5.26 Å². The van der Waals surface area contributed by atoms with Gasteiger partial charge >= 0.3 is 0 Å². The second kappa shape index (κ2) is 9.10. The molecule has 2 aliphatic rings. The van der Waals surface area contributed by atoms with Crippen LogP contribution >= 0.6 is 8.53 Å². The van der Waals surface area contributed by atoms with Crippen molar-refractivity contribution < 1.29 is 26.0 Å². The molecule has 0 amide bonds. The number of hydrogen-bond donors (Lipinski definition) is 0. The molecule has 2 radical (unpaired) electrons. The van der Waals surface area contributed by atoms with Gasteiger partial charge in [0.15, 0.2) is 0 Å². The Morgan fingerprint density at radius 2 is 2.24 bits per heavy atom. The molecule has 2 bridgehead atoms. The van der Waals surface area contributed by atoms with E-state index in [4.69, 9.17) is 39.1 Å². The van der Waals surface area contributed by atoms with Gasteiger partial charge in [-0.3, -0.25) is 0 Å². The Hall–Kier alpha value is -0.255. The molecule has 6 atom stereocenters. The van der Waals surface area contributed by atoms with Crippen LogP contribution in [-0.2, 0) is 23.3 Å². The van der Waals surface area contributed by atoms with Crippen molar-refractivity contribution in [2.24, 2.45) is 0 Å². The minimum absolute atomic E-state index is 0.0236. The molecule has 2 heterocycles. The molecule has 2 saturated heterocycles. The lowest BCUT2D eigenvalue weighted by molar-refractivity contribution is -0.141. The van der Waals surface area contributed by atoms with E-state index in [1.165, 1.54) is 0 Å². The highest BCUT2D eigenvalue weighted by molar-refractivity contribution is 7.44. The van der Waals surface area contributed by atoms with Crippen LogP contribution in [0.25, 0.3) is 0 Å². The average molecular weight is 373 g/mol. The summed E-state index contributed by atoms with van der Waals surface area (Å²) in [5.41, 5.74) is -0.969. The second-order valence-electron chi connectivity index (χ2n) is 6.81. The van der Waals surface area contributed by atoms with Crippen molar-refractivity contribution in [3.05, 3.63) is 0 Å². The molecule has 0 N–H and O–H groups in total. The Balaban J connectivity index is 2.19. The maximum absolute atomic E-state index is 8.83. The first-order valence-corrected chi connectivity index (χ1v) is 9.61. The number of nitrogens with zero attached hydrogens (tertiary/aromatic N) is 2. The SMILES string of the molecule is [2H]C([3H])OC[C@@]12COC([C@H]([B])O1)[C@H]2OP(OCCC#N)N(C(C)C)C(C)C. The van der Waals surface area contributed by atoms with Crippen LogP contribution in [0.3, 0.4) is 0 Å². The monoisotopic (exact) mass is 373 g/mol. The molecule has 9 heteroatoms. The van der Waals surface area contributed by atoms with Gasteiger partial charge < -0.3 is 23.3 Å². The fraction of sp³-hybridized carbons (Fsp3) is 0.938. The zero-order valence-electron chi connectivity index (χ0n) is 17.3. The molecule has 25 heavy (non-hydrogen) atoms. The summed E-state index contributed by atoms with van der Waals surface area (Å²) in [5.74, 6) is 0. The smallest absolute Gasteiger partial charge is 0.259 e. The summed E-state index contributed by atoms with van der Waals surface area (Å²) in [6, 6.07) is 1.71. The van der Waals surface area contributed by atoms with Gasteiger partial charge in [0.25, 0.3) is 8.53 Å². The molecule has 140 valence electrons. The number of hydrogen-bond acceptors (Lipinski definition) is 7. The summed E-state index contributed by atoms with van der Waals surface area (Å²) >= 11 is 0. The predicted molar refractivity (Wildman–Crippen MR) is 95.1 cm³/mol. The van der Waals surface area contributed by atoms with E-state index >= 15 is 0 Å². The van der Waals surface area contributed by atoms with Crippen molar-refractivity contribution in [3.63, 3.8) is 0 Å². The number of nitriles is 1. The van der Waals surface area contributed by atoms with Gasteiger partial charge in [-0.25, -0.2) is 4.67 Å². The van der Waals surface area contributed by atoms with Gasteiger partial charge in [-0.05, 0) is 27.7 Å². The largest absolute Gasteiger partial charge is 0.381 e. The quantitative estimate of drug-likeness (QED) is 0.329. The van der Waals surface area contributed by atoms with Crippen molar-refractivity contribution in [3.8, 4) is 6.07 Å². The maximum atomic E-state index is 8.83. The van der Waals surface area contributed by atoms with Crippen molar-refractivity contribution in [1.82, 2.24) is 4.67 Å². The molecule has 0 spiro atoms. The van der Waals surface area contributed by atoms with Crippen molar-refractivity contribution >= 4 is 16.4 Å². The van der Waals surface area contributed by atoms with Crippen molar-refractivity contribution in [2.45, 2.75) is 70.0 Å². The third kappa shape index (κ3) is 4.54. The van der Waals surface area contributed by atoms with Crippen LogP contribution in [0.5, 0.6) is 0 Å². The summed E-state index contributed by atoms with van der Waals surface area (Å²) < 4.78 is 45.8. The van der Waals surface area contributed by atoms with E-state index in [9.17, 15) is 0 Å². The summed E-state index contributed by atoms with van der Waals surface area (Å²) in [6.45, 7) is 8.66. The number of fused-ring (bicyclic) bond motifs is 2. The molecular weight excluding hydrogens is 342 g/mol. The topological polar surface area (TPSA) is 73.2 Å². The maximum Gasteiger partial charge on any atom is 0.259 e. The van der Waals surface area contributed by atoms with E-state index < -0.39 is 39.4 Å². The van der Waals surface area contributed by atoms with Crippen molar-refractivity contribution in [1.29, 1.82) is 5.26 Å². The normalized spacial score (nSPS) is 35.0. The number of rotatable bonds is 10. The van der Waals surface area contributed by atoms with E-state index in [-0.39, 0.29) is 38.3 Å². The van der Waals surface area contributed by atoms with E-state index in [1.54, 1.807) is 0 Å². The van der Waals surface area contributed by atoms with Crippen LogP contribution < -0.4 is 0 Å². The lowest BCUT2D eigenvalue weighted by Gasteiger charge is -2.38. The first-order valence-electron chi connectivity index (χ1n) is 9.63. The summed E-state index contributed by atoms with van der Waals surface area (Å²) in [5, 5.41) is 8.83. The molecule has 0 aromatic carbocycles. The Bertz CT molecular complexity index is 520. The van der Waals surface area contributed by atoms with Gasteiger partial charge in [0.05, 0.1) is 35.1 Å². The minimum Gasteiger partial charge on any atom is -0.381 e. The Kier molecular flexibility index (Phi) is 6.60. The highest BCUT2D eigenvalue weighted by Gasteiger charge is 2.62. The van der Waals surface area contributed by atoms with Gasteiger partial charge in [-0.15, -0.1) is 0 Å². The fourth-order valence-electron chi connectivity index (χ4n) is 3.26. The Labute approximate surface area is 156 Å². The van der Waals surface area contributed by atoms with Crippen LogP contribution in [0, 0.1) is 11.3 Å². The molecule has 2 aliphatic heterocycles. The fourth-order valence-corrected chi connectivity index (χ4v) is 5.07. The van der Waals surface area contributed by atoms with Gasteiger partial charge in [-0.1, -0.05) is 0 Å². The highest BCUT2D eigenvalue weighted by Crippen LogP contribution is 2.53. The van der Waals surface area contributed by atoms with Gasteiger partial charge in [0, 0.05) is 25.1 Å². The van der Waals surface area contributed by atoms with Gasteiger partial charge in [0.1, 0.15) is 25.7 Å². The predicted octanol–water partition coefficient (Wildman–Crippen LogP) is 1.96. The van der Waals surface area contributed by atoms with Crippen LogP contribution in [0.15, 0.2) is 0 Å². The van der Waals surface area contributed by atoms with Gasteiger partial charge in [0.2, 0.25) is 0 Å². The van der Waals surface area contributed by atoms with E-state index in [1.807, 2.05) is 0 Å². The number of ether oxygens (including phenoxy) is 3. The highest BCUT2D eigenvalue weighted by atomic mass is 31.2. The molecule has 0 aromatic rings. The van der Waals surface area contributed by atoms with Crippen LogP contribution in [0.1, 0.15) is 36.9 Å². The molecule has 3 unspecified atom stereocenters. The lowest BCUT2D eigenvalue weighted by Crippen LogP contribution is -2.46. The molecule has 0 saturated carbocycles. The summed E-state index contributed by atoms with van der Waals surface area (Å²) in [7, 11) is 3.10. The first kappa shape index (κ1) is 18.1. The van der Waals surface area contributed by atoms with E-state index in [0.717, 1.165) is 0 Å². The van der Waals surface area contributed by atoms with Crippen LogP contribution in [0.2, 0.25) is 0 Å². The number of methoxy groups -OCH3 is 1. The van der Waals surface area contributed by atoms with E-state index in [0.29, 0.717) is 0 Å². The van der Waals surface area contributed by atoms with Crippen LogP contribution in [-0.4, -0.2) is 75.3 Å². The standard InChI is InChI=1S/C16H28BN2O5P/c1-11(2)19(12(3)4)25(22-8-6-7-18)24-14-13-15(17)23-16(14,9-20-5)10-21-13/h11-15H,6,8-10H2,1-5H3/t13?,14-,15-,16+,25?/m1/s1/i5TD/t5?,13?,14-,15-,16+,25?. The zero-order valence-corrected chi connectivity index (χ0v) is 16.1. The minimum atomic E-state index is -1.50. The average Bonchev–Trinajstić information content (AvgIpc) is 3.03. The Morgan fingerprint density at radius 3 is 2.80 bits per heavy atom. The zero-order chi connectivity index (χ0) is 20.2. The summed E-state index contributed by atoms with van der Waals surface area (Å²) in [6.07, 6.45) is -0.755. The molecule has 7 nitrogen and oxygen atoms in total. The van der Waals surface area contributed by atoms with Crippen LogP contribution in [0.4, 0.5) is 0 Å². The van der Waals surface area contributed by atoms with E-state index in [2.05, 4.69) is 38.4 Å². The first-order chi connectivity index (χ1) is 12.7. The molecule has 0 aromatic heterocycles. The van der Waals surface area contributed by atoms with Crippen molar-refractivity contribution in [2.75, 3.05) is 26.9 Å².